The van der Waals surface area contributed by atoms with Crippen molar-refractivity contribution in [2.24, 2.45) is 5.41 Å². The molecule has 1 saturated heterocycles. The third kappa shape index (κ3) is 4.90. The van der Waals surface area contributed by atoms with Crippen molar-refractivity contribution in [2.45, 2.75) is 23.9 Å². The van der Waals surface area contributed by atoms with E-state index in [1.807, 2.05) is 0 Å². The number of hydrogen-bond acceptors (Lipinski definition) is 4. The molecule has 0 aromatic heterocycles. The Hall–Kier alpha value is -1.23. The van der Waals surface area contributed by atoms with E-state index in [1.54, 1.807) is 0 Å². The molecule has 142 valence electrons. The van der Waals surface area contributed by atoms with Gasteiger partial charge in [0.15, 0.2) is 0 Å². The van der Waals surface area contributed by atoms with Crippen molar-refractivity contribution in [3.8, 4) is 0 Å². The van der Waals surface area contributed by atoms with Crippen molar-refractivity contribution in [1.29, 1.82) is 0 Å². The van der Waals surface area contributed by atoms with Crippen LogP contribution in [0.25, 0.3) is 0 Å². The van der Waals surface area contributed by atoms with Crippen LogP contribution in [0.4, 0.5) is 17.6 Å². The van der Waals surface area contributed by atoms with Gasteiger partial charge in [0.2, 0.25) is 10.0 Å². The van der Waals surface area contributed by atoms with E-state index in [2.05, 4.69) is 10.0 Å². The highest BCUT2D eigenvalue weighted by molar-refractivity contribution is 7.89. The number of rotatable bonds is 6. The Kier molecular flexibility index (Phi) is 6.08. The predicted molar refractivity (Wildman–Crippen MR) is 83.0 cm³/mol. The summed E-state index contributed by atoms with van der Waals surface area (Å²) < 4.78 is 84.2. The SMILES string of the molecule is COCC1(CNS(=O)(=O)c2cc(C(F)(F)F)ccc2F)CCNCC1. The summed E-state index contributed by atoms with van der Waals surface area (Å²) in [6.45, 7) is 1.59. The lowest BCUT2D eigenvalue weighted by atomic mass is 9.80. The third-order valence-corrected chi connectivity index (χ3v) is 5.72. The molecule has 1 heterocycles. The second-order valence-electron chi connectivity index (χ2n) is 6.15. The molecule has 2 rings (SSSR count). The van der Waals surface area contributed by atoms with E-state index < -0.39 is 37.9 Å². The number of alkyl halides is 3. The number of piperidine rings is 1. The van der Waals surface area contributed by atoms with Gasteiger partial charge in [-0.05, 0) is 44.1 Å². The quantitative estimate of drug-likeness (QED) is 0.738. The maximum Gasteiger partial charge on any atom is 0.416 e. The Morgan fingerprint density at radius 1 is 1.28 bits per heavy atom. The summed E-state index contributed by atoms with van der Waals surface area (Å²) in [6, 6.07) is 1.32. The molecular formula is C15H20F4N2O3S. The largest absolute Gasteiger partial charge is 0.416 e. The van der Waals surface area contributed by atoms with Crippen molar-refractivity contribution in [1.82, 2.24) is 10.0 Å². The number of hydrogen-bond donors (Lipinski definition) is 2. The highest BCUT2D eigenvalue weighted by Gasteiger charge is 2.36. The highest BCUT2D eigenvalue weighted by Crippen LogP contribution is 2.32. The number of methoxy groups -OCH3 is 1. The average Bonchev–Trinajstić information content (AvgIpc) is 2.53. The van der Waals surface area contributed by atoms with Crippen LogP contribution < -0.4 is 10.0 Å². The Labute approximate surface area is 143 Å². The monoisotopic (exact) mass is 384 g/mol. The van der Waals surface area contributed by atoms with Crippen LogP contribution in [0.15, 0.2) is 23.1 Å². The summed E-state index contributed by atoms with van der Waals surface area (Å²) in [7, 11) is -2.94. The Bertz CT molecular complexity index is 696. The zero-order valence-electron chi connectivity index (χ0n) is 13.6. The van der Waals surface area contributed by atoms with Gasteiger partial charge in [0.25, 0.3) is 0 Å². The molecule has 0 saturated carbocycles. The normalized spacial score (nSPS) is 18.3. The van der Waals surface area contributed by atoms with Gasteiger partial charge in [-0.3, -0.25) is 0 Å². The molecule has 1 aromatic rings. The molecular weight excluding hydrogens is 364 g/mol. The van der Waals surface area contributed by atoms with Crippen LogP contribution in [0.5, 0.6) is 0 Å². The summed E-state index contributed by atoms with van der Waals surface area (Å²) >= 11 is 0. The maximum absolute atomic E-state index is 13.8. The Morgan fingerprint density at radius 3 is 2.48 bits per heavy atom. The van der Waals surface area contributed by atoms with Crippen molar-refractivity contribution >= 4 is 10.0 Å². The molecule has 1 fully saturated rings. The van der Waals surface area contributed by atoms with Gasteiger partial charge in [-0.15, -0.1) is 0 Å². The number of halogens is 4. The standard InChI is InChI=1S/C15H20F4N2O3S/c1-24-10-14(4-6-20-7-5-14)9-21-25(22,23)13-8-11(15(17,18)19)2-3-12(13)16/h2-3,8,20-21H,4-7,9-10H2,1H3. The van der Waals surface area contributed by atoms with Crippen LogP contribution in [0.3, 0.4) is 0 Å². The first-order chi connectivity index (χ1) is 11.6. The summed E-state index contributed by atoms with van der Waals surface area (Å²) in [6.07, 6.45) is -3.49. The predicted octanol–water partition coefficient (Wildman–Crippen LogP) is 2.14. The molecule has 0 unspecified atom stereocenters. The first-order valence-corrected chi connectivity index (χ1v) is 9.14. The molecule has 0 spiro atoms. The maximum atomic E-state index is 13.8. The van der Waals surface area contributed by atoms with E-state index in [0.29, 0.717) is 50.7 Å². The number of benzene rings is 1. The number of ether oxygens (including phenoxy) is 1. The lowest BCUT2D eigenvalue weighted by Crippen LogP contribution is -2.47. The van der Waals surface area contributed by atoms with Crippen molar-refractivity contribution < 1.29 is 30.7 Å². The van der Waals surface area contributed by atoms with Crippen molar-refractivity contribution in [2.75, 3.05) is 33.4 Å². The minimum Gasteiger partial charge on any atom is -0.384 e. The highest BCUT2D eigenvalue weighted by atomic mass is 32.2. The number of sulfonamides is 1. The molecule has 0 aliphatic carbocycles. The first kappa shape index (κ1) is 20.1. The molecule has 1 aliphatic rings. The second-order valence-corrected chi connectivity index (χ2v) is 7.89. The number of nitrogens with one attached hydrogen (secondary N) is 2. The summed E-state index contributed by atoms with van der Waals surface area (Å²) in [5, 5.41) is 3.14. The molecule has 1 aromatic carbocycles. The lowest BCUT2D eigenvalue weighted by Gasteiger charge is -2.37. The third-order valence-electron chi connectivity index (χ3n) is 4.30. The summed E-state index contributed by atoms with van der Waals surface area (Å²) in [5.41, 5.74) is -1.70. The van der Waals surface area contributed by atoms with Crippen LogP contribution in [0.1, 0.15) is 18.4 Å². The minimum atomic E-state index is -4.76. The van der Waals surface area contributed by atoms with Crippen LogP contribution in [-0.2, 0) is 20.9 Å². The van der Waals surface area contributed by atoms with Gasteiger partial charge in [0.1, 0.15) is 10.7 Å². The van der Waals surface area contributed by atoms with E-state index in [4.69, 9.17) is 4.74 Å². The van der Waals surface area contributed by atoms with E-state index in [-0.39, 0.29) is 6.54 Å². The van der Waals surface area contributed by atoms with E-state index >= 15 is 0 Å². The molecule has 0 bridgehead atoms. The fraction of sp³-hybridized carbons (Fsp3) is 0.600. The molecule has 0 atom stereocenters. The van der Waals surface area contributed by atoms with E-state index in [0.717, 1.165) is 0 Å². The van der Waals surface area contributed by atoms with Crippen LogP contribution in [-0.4, -0.2) is 41.8 Å². The zero-order valence-corrected chi connectivity index (χ0v) is 14.4. The van der Waals surface area contributed by atoms with Gasteiger partial charge in [0.05, 0.1) is 12.2 Å². The van der Waals surface area contributed by atoms with Gasteiger partial charge in [-0.25, -0.2) is 17.5 Å². The fourth-order valence-electron chi connectivity index (χ4n) is 2.85. The molecule has 25 heavy (non-hydrogen) atoms. The van der Waals surface area contributed by atoms with Gasteiger partial charge >= 0.3 is 6.18 Å². The summed E-state index contributed by atoms with van der Waals surface area (Å²) in [4.78, 5) is -1.01. The first-order valence-electron chi connectivity index (χ1n) is 7.66. The van der Waals surface area contributed by atoms with Crippen LogP contribution >= 0.6 is 0 Å². The van der Waals surface area contributed by atoms with Crippen molar-refractivity contribution in [3.05, 3.63) is 29.6 Å². The molecule has 0 amide bonds. The van der Waals surface area contributed by atoms with E-state index in [9.17, 15) is 26.0 Å². The van der Waals surface area contributed by atoms with Crippen LogP contribution in [0.2, 0.25) is 0 Å². The average molecular weight is 384 g/mol. The van der Waals surface area contributed by atoms with Gasteiger partial charge < -0.3 is 10.1 Å². The molecule has 0 radical (unpaired) electrons. The Morgan fingerprint density at radius 2 is 1.92 bits per heavy atom. The second kappa shape index (κ2) is 7.56. The minimum absolute atomic E-state index is 0.0411. The zero-order chi connectivity index (χ0) is 18.7. The lowest BCUT2D eigenvalue weighted by molar-refractivity contribution is -0.137. The molecule has 10 heteroatoms. The van der Waals surface area contributed by atoms with Gasteiger partial charge in [0, 0.05) is 19.1 Å². The van der Waals surface area contributed by atoms with Gasteiger partial charge in [-0.1, -0.05) is 0 Å². The van der Waals surface area contributed by atoms with Crippen LogP contribution in [0, 0.1) is 11.2 Å². The fourth-order valence-corrected chi connectivity index (χ4v) is 4.11. The van der Waals surface area contributed by atoms with Gasteiger partial charge in [-0.2, -0.15) is 13.2 Å². The van der Waals surface area contributed by atoms with Crippen molar-refractivity contribution in [3.63, 3.8) is 0 Å². The van der Waals surface area contributed by atoms with E-state index in [1.165, 1.54) is 7.11 Å². The smallest absolute Gasteiger partial charge is 0.384 e. The molecule has 5 nitrogen and oxygen atoms in total. The topological polar surface area (TPSA) is 67.4 Å². The Balaban J connectivity index is 2.24. The summed E-state index contributed by atoms with van der Waals surface area (Å²) in [5.74, 6) is -1.23. The molecule has 1 aliphatic heterocycles. The molecule has 2 N–H and O–H groups in total.